The predicted molar refractivity (Wildman–Crippen MR) is 104 cm³/mol. The molecule has 2 aromatic rings. The summed E-state index contributed by atoms with van der Waals surface area (Å²) >= 11 is 0. The molecule has 5 nitrogen and oxygen atoms in total. The van der Waals surface area contributed by atoms with Crippen LogP contribution in [-0.4, -0.2) is 35.9 Å². The summed E-state index contributed by atoms with van der Waals surface area (Å²) in [6.07, 6.45) is 1.52. The summed E-state index contributed by atoms with van der Waals surface area (Å²) < 4.78 is 5.65. The van der Waals surface area contributed by atoms with Gasteiger partial charge in [-0.05, 0) is 55.5 Å². The minimum atomic E-state index is -0.412. The molecule has 0 aliphatic carbocycles. The molecular weight excluding hydrogens is 340 g/mol. The molecule has 1 saturated heterocycles. The van der Waals surface area contributed by atoms with Crippen LogP contribution in [0.5, 0.6) is 5.75 Å². The molecule has 0 unspecified atom stereocenters. The molecule has 1 N–H and O–H groups in total. The number of amides is 2. The van der Waals surface area contributed by atoms with Gasteiger partial charge in [0.2, 0.25) is 5.91 Å². The van der Waals surface area contributed by atoms with Crippen molar-refractivity contribution in [3.63, 3.8) is 0 Å². The van der Waals surface area contributed by atoms with Crippen LogP contribution >= 0.6 is 0 Å². The van der Waals surface area contributed by atoms with E-state index in [2.05, 4.69) is 5.32 Å². The van der Waals surface area contributed by atoms with E-state index >= 15 is 0 Å². The van der Waals surface area contributed by atoms with Crippen LogP contribution in [0.15, 0.2) is 48.5 Å². The molecule has 3 rings (SSSR count). The van der Waals surface area contributed by atoms with Gasteiger partial charge in [0, 0.05) is 13.1 Å². The fraction of sp³-hybridized carbons (Fsp3) is 0.364. The number of rotatable bonds is 6. The summed E-state index contributed by atoms with van der Waals surface area (Å²) in [6, 6.07) is 15.1. The molecule has 1 aliphatic heterocycles. The Balaban J connectivity index is 1.53. The van der Waals surface area contributed by atoms with Gasteiger partial charge in [-0.1, -0.05) is 36.4 Å². The number of nitrogens with zero attached hydrogens (tertiary/aromatic N) is 1. The lowest BCUT2D eigenvalue weighted by Crippen LogP contribution is -2.47. The van der Waals surface area contributed by atoms with Gasteiger partial charge in [0.25, 0.3) is 5.91 Å². The first-order valence-electron chi connectivity index (χ1n) is 9.36. The molecule has 0 aromatic heterocycles. The third-order valence-electron chi connectivity index (χ3n) is 5.03. The van der Waals surface area contributed by atoms with E-state index in [1.807, 2.05) is 62.4 Å². The van der Waals surface area contributed by atoms with Crippen LogP contribution in [0, 0.1) is 13.8 Å². The molecule has 1 aliphatic rings. The summed E-state index contributed by atoms with van der Waals surface area (Å²) in [5.41, 5.74) is 3.35. The van der Waals surface area contributed by atoms with Crippen molar-refractivity contribution in [2.24, 2.45) is 0 Å². The Kier molecular flexibility index (Phi) is 6.12. The maximum Gasteiger partial charge on any atom is 0.261 e. The topological polar surface area (TPSA) is 58.6 Å². The standard InChI is InChI=1S/C22H26N2O3/c1-16-10-11-19(13-17(16)2)27-15-21(25)24-12-6-9-20(24)22(26)23-14-18-7-4-3-5-8-18/h3-5,7-8,10-11,13,20H,6,9,12,14-15H2,1-2H3,(H,23,26)/t20-/m0/s1. The van der Waals surface area contributed by atoms with Gasteiger partial charge in [-0.2, -0.15) is 0 Å². The van der Waals surface area contributed by atoms with Gasteiger partial charge in [0.1, 0.15) is 11.8 Å². The van der Waals surface area contributed by atoms with E-state index in [1.165, 1.54) is 5.56 Å². The summed E-state index contributed by atoms with van der Waals surface area (Å²) in [6.45, 7) is 5.06. The Morgan fingerprint density at radius 3 is 2.63 bits per heavy atom. The first kappa shape index (κ1) is 19.0. The second kappa shape index (κ2) is 8.71. The number of hydrogen-bond donors (Lipinski definition) is 1. The van der Waals surface area contributed by atoms with Crippen LogP contribution in [0.2, 0.25) is 0 Å². The number of ether oxygens (including phenoxy) is 1. The molecule has 0 bridgehead atoms. The highest BCUT2D eigenvalue weighted by Crippen LogP contribution is 2.20. The number of aryl methyl sites for hydroxylation is 2. The molecule has 0 spiro atoms. The fourth-order valence-electron chi connectivity index (χ4n) is 3.27. The zero-order valence-electron chi connectivity index (χ0n) is 15.9. The van der Waals surface area contributed by atoms with Crippen LogP contribution in [0.25, 0.3) is 0 Å². The second-order valence-corrected chi connectivity index (χ2v) is 6.98. The monoisotopic (exact) mass is 366 g/mol. The van der Waals surface area contributed by atoms with Crippen molar-refractivity contribution in [2.45, 2.75) is 39.3 Å². The predicted octanol–water partition coefficient (Wildman–Crippen LogP) is 2.99. The molecule has 2 amide bonds. The zero-order valence-corrected chi connectivity index (χ0v) is 15.9. The van der Waals surface area contributed by atoms with E-state index in [9.17, 15) is 9.59 Å². The largest absolute Gasteiger partial charge is 0.484 e. The first-order valence-corrected chi connectivity index (χ1v) is 9.36. The van der Waals surface area contributed by atoms with Gasteiger partial charge in [-0.3, -0.25) is 9.59 Å². The van der Waals surface area contributed by atoms with Crippen molar-refractivity contribution < 1.29 is 14.3 Å². The van der Waals surface area contributed by atoms with Crippen molar-refractivity contribution in [1.29, 1.82) is 0 Å². The third-order valence-corrected chi connectivity index (χ3v) is 5.03. The van der Waals surface area contributed by atoms with Crippen LogP contribution in [0.3, 0.4) is 0 Å². The Morgan fingerprint density at radius 1 is 1.11 bits per heavy atom. The van der Waals surface area contributed by atoms with Gasteiger partial charge in [0.15, 0.2) is 6.61 Å². The van der Waals surface area contributed by atoms with Crippen LogP contribution in [-0.2, 0) is 16.1 Å². The van der Waals surface area contributed by atoms with Crippen molar-refractivity contribution in [3.8, 4) is 5.75 Å². The van der Waals surface area contributed by atoms with E-state index in [-0.39, 0.29) is 18.4 Å². The van der Waals surface area contributed by atoms with E-state index in [0.29, 0.717) is 25.3 Å². The van der Waals surface area contributed by atoms with E-state index in [0.717, 1.165) is 17.5 Å². The zero-order chi connectivity index (χ0) is 19.2. The van der Waals surface area contributed by atoms with Crippen LogP contribution in [0.1, 0.15) is 29.5 Å². The van der Waals surface area contributed by atoms with Crippen LogP contribution in [0.4, 0.5) is 0 Å². The number of carbonyl (C=O) groups is 2. The van der Waals surface area contributed by atoms with Gasteiger partial charge in [-0.15, -0.1) is 0 Å². The third kappa shape index (κ3) is 4.88. The van der Waals surface area contributed by atoms with E-state index in [1.54, 1.807) is 4.90 Å². The van der Waals surface area contributed by atoms with Crippen molar-refractivity contribution in [3.05, 3.63) is 65.2 Å². The minimum absolute atomic E-state index is 0.0506. The van der Waals surface area contributed by atoms with Gasteiger partial charge in [0.05, 0.1) is 0 Å². The maximum absolute atomic E-state index is 12.6. The first-order chi connectivity index (χ1) is 13.0. The highest BCUT2D eigenvalue weighted by molar-refractivity contribution is 5.88. The average molecular weight is 366 g/mol. The fourth-order valence-corrected chi connectivity index (χ4v) is 3.27. The number of hydrogen-bond acceptors (Lipinski definition) is 3. The lowest BCUT2D eigenvalue weighted by Gasteiger charge is -2.24. The SMILES string of the molecule is Cc1ccc(OCC(=O)N2CCC[C@H]2C(=O)NCc2ccccc2)cc1C. The molecule has 5 heteroatoms. The molecule has 27 heavy (non-hydrogen) atoms. The molecule has 1 fully saturated rings. The number of nitrogens with one attached hydrogen (secondary N) is 1. The molecule has 0 radical (unpaired) electrons. The Morgan fingerprint density at radius 2 is 1.89 bits per heavy atom. The van der Waals surface area contributed by atoms with Gasteiger partial charge < -0.3 is 15.0 Å². The maximum atomic E-state index is 12.6. The van der Waals surface area contributed by atoms with Crippen molar-refractivity contribution in [1.82, 2.24) is 10.2 Å². The lowest BCUT2D eigenvalue weighted by atomic mass is 10.1. The second-order valence-electron chi connectivity index (χ2n) is 6.98. The summed E-state index contributed by atoms with van der Waals surface area (Å²) in [5, 5.41) is 2.94. The molecule has 1 atom stereocenters. The van der Waals surface area contributed by atoms with E-state index < -0.39 is 6.04 Å². The minimum Gasteiger partial charge on any atom is -0.484 e. The molecule has 142 valence electrons. The summed E-state index contributed by atoms with van der Waals surface area (Å²) in [5.74, 6) is 0.428. The smallest absolute Gasteiger partial charge is 0.261 e. The summed E-state index contributed by atoms with van der Waals surface area (Å²) in [7, 11) is 0. The van der Waals surface area contributed by atoms with Gasteiger partial charge in [-0.25, -0.2) is 0 Å². The highest BCUT2D eigenvalue weighted by atomic mass is 16.5. The van der Waals surface area contributed by atoms with E-state index in [4.69, 9.17) is 4.74 Å². The lowest BCUT2D eigenvalue weighted by molar-refractivity contribution is -0.140. The Hall–Kier alpha value is -2.82. The number of carbonyl (C=O) groups excluding carboxylic acids is 2. The molecular formula is C22H26N2O3. The van der Waals surface area contributed by atoms with Gasteiger partial charge >= 0.3 is 0 Å². The van der Waals surface area contributed by atoms with Crippen molar-refractivity contribution >= 4 is 11.8 Å². The van der Waals surface area contributed by atoms with Crippen molar-refractivity contribution in [2.75, 3.05) is 13.2 Å². The highest BCUT2D eigenvalue weighted by Gasteiger charge is 2.34. The molecule has 2 aromatic carbocycles. The average Bonchev–Trinajstić information content (AvgIpc) is 3.17. The normalized spacial score (nSPS) is 16.2. The Labute approximate surface area is 160 Å². The summed E-state index contributed by atoms with van der Waals surface area (Å²) in [4.78, 5) is 26.8. The van der Waals surface area contributed by atoms with Crippen LogP contribution < -0.4 is 10.1 Å². The Bertz CT molecular complexity index is 804. The number of benzene rings is 2. The number of likely N-dealkylation sites (tertiary alicyclic amines) is 1. The quantitative estimate of drug-likeness (QED) is 0.855. The molecule has 0 saturated carbocycles. The molecule has 1 heterocycles.